The van der Waals surface area contributed by atoms with Crippen molar-refractivity contribution in [2.75, 3.05) is 5.43 Å². The van der Waals surface area contributed by atoms with Gasteiger partial charge in [-0.05, 0) is 17.7 Å². The predicted octanol–water partition coefficient (Wildman–Crippen LogP) is 1.13. The van der Waals surface area contributed by atoms with Gasteiger partial charge in [-0.25, -0.2) is 0 Å². The van der Waals surface area contributed by atoms with E-state index in [0.717, 1.165) is 0 Å². The van der Waals surface area contributed by atoms with Gasteiger partial charge in [0.05, 0.1) is 12.1 Å². The molecule has 0 atom stereocenters. The largest absolute Gasteiger partial charge is 0.481 e. The molecule has 1 aromatic rings. The molecule has 0 aliphatic carbocycles. The topological polar surface area (TPSA) is 109 Å². The van der Waals surface area contributed by atoms with Gasteiger partial charge in [0.15, 0.2) is 0 Å². The average Bonchev–Trinajstić information content (AvgIpc) is 2.32. The number of anilines is 1. The second-order valence-electron chi connectivity index (χ2n) is 3.06. The molecule has 0 radical (unpaired) electrons. The van der Waals surface area contributed by atoms with Crippen molar-refractivity contribution in [3.05, 3.63) is 29.8 Å². The number of carbonyl (C=O) groups is 1. The van der Waals surface area contributed by atoms with E-state index in [1.165, 1.54) is 0 Å². The number of hydrogen-bond donors (Lipinski definition) is 2. The number of carboxylic acids is 1. The summed E-state index contributed by atoms with van der Waals surface area (Å²) in [5.74, 6) is -0.903. The Morgan fingerprint density at radius 1 is 1.29 bits per heavy atom. The number of hydrazone groups is 1. The quantitative estimate of drug-likeness (QED) is 0.593. The summed E-state index contributed by atoms with van der Waals surface area (Å²) >= 11 is 0. The van der Waals surface area contributed by atoms with E-state index in [1.54, 1.807) is 36.4 Å². The minimum absolute atomic E-state index is 0.0504. The van der Waals surface area contributed by atoms with Crippen LogP contribution in [0.5, 0.6) is 0 Å². The molecule has 0 aromatic heterocycles. The zero-order chi connectivity index (χ0) is 12.7. The van der Waals surface area contributed by atoms with Crippen LogP contribution in [0.3, 0.4) is 0 Å². The smallest absolute Gasteiger partial charge is 0.307 e. The third kappa shape index (κ3) is 4.02. The normalized spacial score (nSPS) is 8.59. The summed E-state index contributed by atoms with van der Waals surface area (Å²) in [6.45, 7) is 0. The van der Waals surface area contributed by atoms with Gasteiger partial charge >= 0.3 is 5.97 Å². The minimum atomic E-state index is -0.903. The maximum atomic E-state index is 10.4. The van der Waals surface area contributed by atoms with Crippen LogP contribution in [0.15, 0.2) is 29.4 Å². The molecule has 0 fully saturated rings. The second-order valence-corrected chi connectivity index (χ2v) is 3.06. The monoisotopic (exact) mass is 228 g/mol. The highest BCUT2D eigenvalue weighted by Gasteiger charge is 2.00. The first kappa shape index (κ1) is 12.2. The van der Waals surface area contributed by atoms with Crippen molar-refractivity contribution in [3.8, 4) is 12.1 Å². The van der Waals surface area contributed by atoms with Crippen molar-refractivity contribution in [1.29, 1.82) is 10.5 Å². The van der Waals surface area contributed by atoms with Gasteiger partial charge in [-0.2, -0.15) is 15.6 Å². The van der Waals surface area contributed by atoms with Gasteiger partial charge in [0.1, 0.15) is 12.1 Å². The molecular weight excluding hydrogens is 220 g/mol. The Hall–Kier alpha value is -2.86. The van der Waals surface area contributed by atoms with Crippen LogP contribution in [0, 0.1) is 22.7 Å². The molecule has 0 aliphatic heterocycles. The molecule has 0 amide bonds. The second kappa shape index (κ2) is 5.89. The first-order valence-electron chi connectivity index (χ1n) is 4.60. The highest BCUT2D eigenvalue weighted by Crippen LogP contribution is 2.10. The van der Waals surface area contributed by atoms with E-state index < -0.39 is 5.97 Å². The molecule has 0 unspecified atom stereocenters. The lowest BCUT2D eigenvalue weighted by molar-refractivity contribution is -0.136. The Bertz CT molecular complexity index is 504. The Kier molecular flexibility index (Phi) is 4.23. The van der Waals surface area contributed by atoms with Crippen molar-refractivity contribution >= 4 is 17.4 Å². The van der Waals surface area contributed by atoms with E-state index in [9.17, 15) is 4.79 Å². The van der Waals surface area contributed by atoms with Gasteiger partial charge in [0, 0.05) is 0 Å². The molecule has 0 heterocycles. The highest BCUT2D eigenvalue weighted by atomic mass is 16.4. The van der Waals surface area contributed by atoms with Crippen molar-refractivity contribution in [2.45, 2.75) is 6.42 Å². The number of nitriles is 2. The van der Waals surface area contributed by atoms with Gasteiger partial charge in [0.25, 0.3) is 0 Å². The molecule has 1 aromatic carbocycles. The van der Waals surface area contributed by atoms with Gasteiger partial charge in [-0.1, -0.05) is 12.1 Å². The third-order valence-corrected chi connectivity index (χ3v) is 1.82. The Morgan fingerprint density at radius 3 is 2.35 bits per heavy atom. The van der Waals surface area contributed by atoms with Crippen LogP contribution in [0.1, 0.15) is 5.56 Å². The standard InChI is InChI=1S/C11H8N4O2/c12-6-10(7-13)15-14-9-3-1-8(2-4-9)5-11(16)17/h1-4,14H,5H2,(H,16,17). The number of nitrogens with one attached hydrogen (secondary N) is 1. The molecular formula is C11H8N4O2. The fraction of sp³-hybridized carbons (Fsp3) is 0.0909. The SMILES string of the molecule is N#CC(C#N)=NNc1ccc(CC(=O)O)cc1. The summed E-state index contributed by atoms with van der Waals surface area (Å²) in [5.41, 5.74) is 3.48. The number of aliphatic carboxylic acids is 1. The van der Waals surface area contributed by atoms with Gasteiger partial charge < -0.3 is 5.11 Å². The number of rotatable bonds is 4. The molecule has 2 N–H and O–H groups in total. The van der Waals surface area contributed by atoms with E-state index in [-0.39, 0.29) is 12.1 Å². The lowest BCUT2D eigenvalue weighted by Gasteiger charge is -2.01. The fourth-order valence-electron chi connectivity index (χ4n) is 1.07. The molecule has 17 heavy (non-hydrogen) atoms. The number of carboxylic acid groups (broad SMARTS) is 1. The molecule has 6 nitrogen and oxygen atoms in total. The van der Waals surface area contributed by atoms with Crippen LogP contribution in [0.25, 0.3) is 0 Å². The summed E-state index contributed by atoms with van der Waals surface area (Å²) < 4.78 is 0. The molecule has 0 saturated heterocycles. The molecule has 0 aliphatic rings. The van der Waals surface area contributed by atoms with Crippen molar-refractivity contribution in [2.24, 2.45) is 5.10 Å². The maximum absolute atomic E-state index is 10.4. The van der Waals surface area contributed by atoms with Crippen molar-refractivity contribution in [3.63, 3.8) is 0 Å². The molecule has 6 heteroatoms. The first-order valence-corrected chi connectivity index (χ1v) is 4.60. The highest BCUT2D eigenvalue weighted by molar-refractivity contribution is 6.10. The molecule has 0 saturated carbocycles. The van der Waals surface area contributed by atoms with Crippen LogP contribution in [0.2, 0.25) is 0 Å². The Balaban J connectivity index is 2.70. The summed E-state index contributed by atoms with van der Waals surface area (Å²) in [6.07, 6.45) is -0.0504. The van der Waals surface area contributed by atoms with Gasteiger partial charge in [-0.15, -0.1) is 0 Å². The van der Waals surface area contributed by atoms with Crippen LogP contribution in [-0.4, -0.2) is 16.8 Å². The summed E-state index contributed by atoms with van der Waals surface area (Å²) in [6, 6.07) is 9.71. The first-order chi connectivity index (χ1) is 8.15. The van der Waals surface area contributed by atoms with Gasteiger partial charge in [-0.3, -0.25) is 10.2 Å². The molecule has 0 bridgehead atoms. The van der Waals surface area contributed by atoms with E-state index >= 15 is 0 Å². The third-order valence-electron chi connectivity index (χ3n) is 1.82. The van der Waals surface area contributed by atoms with Crippen molar-refractivity contribution in [1.82, 2.24) is 0 Å². The lowest BCUT2D eigenvalue weighted by atomic mass is 10.1. The van der Waals surface area contributed by atoms with Crippen LogP contribution in [0.4, 0.5) is 5.69 Å². The van der Waals surface area contributed by atoms with Gasteiger partial charge in [0.2, 0.25) is 5.71 Å². The number of hydrogen-bond acceptors (Lipinski definition) is 5. The van der Waals surface area contributed by atoms with E-state index in [1.807, 2.05) is 0 Å². The minimum Gasteiger partial charge on any atom is -0.481 e. The zero-order valence-electron chi connectivity index (χ0n) is 8.71. The van der Waals surface area contributed by atoms with E-state index in [4.69, 9.17) is 15.6 Å². The van der Waals surface area contributed by atoms with E-state index in [2.05, 4.69) is 10.5 Å². The van der Waals surface area contributed by atoms with Crippen LogP contribution in [-0.2, 0) is 11.2 Å². The zero-order valence-corrected chi connectivity index (χ0v) is 8.71. The molecule has 1 rings (SSSR count). The number of nitrogens with zero attached hydrogens (tertiary/aromatic N) is 3. The Morgan fingerprint density at radius 2 is 1.88 bits per heavy atom. The number of benzene rings is 1. The maximum Gasteiger partial charge on any atom is 0.307 e. The molecule has 84 valence electrons. The predicted molar refractivity (Wildman–Crippen MR) is 60.1 cm³/mol. The van der Waals surface area contributed by atoms with Crippen LogP contribution < -0.4 is 5.43 Å². The van der Waals surface area contributed by atoms with E-state index in [0.29, 0.717) is 11.3 Å². The average molecular weight is 228 g/mol. The lowest BCUT2D eigenvalue weighted by Crippen LogP contribution is -2.00. The molecule has 0 spiro atoms. The summed E-state index contributed by atoms with van der Waals surface area (Å²) in [5, 5.41) is 29.0. The summed E-state index contributed by atoms with van der Waals surface area (Å²) in [4.78, 5) is 10.4. The fourth-order valence-corrected chi connectivity index (χ4v) is 1.07. The summed E-state index contributed by atoms with van der Waals surface area (Å²) in [7, 11) is 0. The van der Waals surface area contributed by atoms with Crippen LogP contribution >= 0.6 is 0 Å². The Labute approximate surface area is 97.4 Å². The van der Waals surface area contributed by atoms with Crippen molar-refractivity contribution < 1.29 is 9.90 Å².